The number of methoxy groups -OCH3 is 3. The molecule has 114 valence electrons. The molecule has 0 aliphatic heterocycles. The molecule has 7 heteroatoms. The summed E-state index contributed by atoms with van der Waals surface area (Å²) in [7, 11) is 4.79. The smallest absolute Gasteiger partial charge is 0.203 e. The molecule has 1 aromatic carbocycles. The molecule has 6 nitrogen and oxygen atoms in total. The Hall–Kier alpha value is -1.99. The molecule has 0 aliphatic carbocycles. The van der Waals surface area contributed by atoms with Gasteiger partial charge in [0, 0.05) is 11.9 Å². The van der Waals surface area contributed by atoms with Gasteiger partial charge in [0.15, 0.2) is 16.6 Å². The Balaban J connectivity index is 2.05. The summed E-state index contributed by atoms with van der Waals surface area (Å²) >= 11 is 1.55. The van der Waals surface area contributed by atoms with E-state index >= 15 is 0 Å². The van der Waals surface area contributed by atoms with Gasteiger partial charge < -0.3 is 14.2 Å². The van der Waals surface area contributed by atoms with Gasteiger partial charge in [-0.25, -0.2) is 10.4 Å². The van der Waals surface area contributed by atoms with Crippen molar-refractivity contribution in [2.24, 2.45) is 0 Å². The van der Waals surface area contributed by atoms with Gasteiger partial charge in [-0.2, -0.15) is 0 Å². The van der Waals surface area contributed by atoms with E-state index in [1.165, 1.54) is 0 Å². The Morgan fingerprint density at radius 3 is 2.24 bits per heavy atom. The minimum atomic E-state index is 0.590. The van der Waals surface area contributed by atoms with E-state index in [9.17, 15) is 0 Å². The molecule has 0 bridgehead atoms. The quantitative estimate of drug-likeness (QED) is 0.767. The van der Waals surface area contributed by atoms with E-state index in [1.807, 2.05) is 24.4 Å². The van der Waals surface area contributed by atoms with Gasteiger partial charge >= 0.3 is 0 Å². The van der Waals surface area contributed by atoms with Gasteiger partial charge in [-0.3, -0.25) is 5.43 Å². The number of aromatic nitrogens is 1. The summed E-state index contributed by atoms with van der Waals surface area (Å²) in [6.07, 6.45) is 0. The van der Waals surface area contributed by atoms with Crippen LogP contribution in [0, 0.1) is 6.92 Å². The van der Waals surface area contributed by atoms with Crippen LogP contribution in [0.1, 0.15) is 11.3 Å². The lowest BCUT2D eigenvalue weighted by Crippen LogP contribution is -2.20. The number of anilines is 1. The molecular formula is C14H19N3O3S. The fourth-order valence-electron chi connectivity index (χ4n) is 1.87. The second kappa shape index (κ2) is 7.14. The van der Waals surface area contributed by atoms with Crippen molar-refractivity contribution in [3.05, 3.63) is 28.8 Å². The minimum absolute atomic E-state index is 0.590. The summed E-state index contributed by atoms with van der Waals surface area (Å²) in [5.74, 6) is 1.87. The standard InChI is InChI=1S/C14H19N3O3S/c1-9-8-21-14(16-9)17-15-7-10-5-11(18-2)13(20-4)12(6-10)19-3/h5-6,8,15H,7H2,1-4H3,(H,16,17). The van der Waals surface area contributed by atoms with Gasteiger partial charge in [-0.1, -0.05) is 0 Å². The minimum Gasteiger partial charge on any atom is -0.493 e. The lowest BCUT2D eigenvalue weighted by atomic mass is 10.2. The van der Waals surface area contributed by atoms with Gasteiger partial charge in [-0.15, -0.1) is 11.3 Å². The van der Waals surface area contributed by atoms with E-state index < -0.39 is 0 Å². The first-order chi connectivity index (χ1) is 10.2. The van der Waals surface area contributed by atoms with Crippen LogP contribution in [0.4, 0.5) is 5.13 Å². The molecule has 0 unspecified atom stereocenters. The molecule has 0 saturated heterocycles. The highest BCUT2D eigenvalue weighted by Gasteiger charge is 2.12. The maximum absolute atomic E-state index is 5.32. The van der Waals surface area contributed by atoms with Crippen molar-refractivity contribution in [2.75, 3.05) is 26.8 Å². The number of nitrogens with one attached hydrogen (secondary N) is 2. The maximum atomic E-state index is 5.32. The van der Waals surface area contributed by atoms with Gasteiger partial charge in [0.1, 0.15) is 0 Å². The normalized spacial score (nSPS) is 10.3. The summed E-state index contributed by atoms with van der Waals surface area (Å²) in [5.41, 5.74) is 8.18. The van der Waals surface area contributed by atoms with Crippen LogP contribution in [0.2, 0.25) is 0 Å². The van der Waals surface area contributed by atoms with Crippen LogP contribution >= 0.6 is 11.3 Å². The van der Waals surface area contributed by atoms with Crippen LogP contribution in [-0.2, 0) is 6.54 Å². The Morgan fingerprint density at radius 1 is 1.10 bits per heavy atom. The second-order valence-corrected chi connectivity index (χ2v) is 5.16. The van der Waals surface area contributed by atoms with Crippen molar-refractivity contribution >= 4 is 16.5 Å². The molecule has 0 saturated carbocycles. The molecule has 0 aliphatic rings. The van der Waals surface area contributed by atoms with E-state index in [2.05, 4.69) is 15.8 Å². The van der Waals surface area contributed by atoms with Crippen molar-refractivity contribution in [3.8, 4) is 17.2 Å². The molecular weight excluding hydrogens is 290 g/mol. The van der Waals surface area contributed by atoms with Crippen LogP contribution in [0.25, 0.3) is 0 Å². The maximum Gasteiger partial charge on any atom is 0.203 e. The molecule has 2 rings (SSSR count). The van der Waals surface area contributed by atoms with Crippen molar-refractivity contribution in [2.45, 2.75) is 13.5 Å². The molecule has 1 heterocycles. The third kappa shape index (κ3) is 3.77. The van der Waals surface area contributed by atoms with Gasteiger partial charge in [0.2, 0.25) is 5.75 Å². The topological polar surface area (TPSA) is 64.6 Å². The molecule has 0 spiro atoms. The molecule has 2 N–H and O–H groups in total. The number of thiazole rings is 1. The van der Waals surface area contributed by atoms with Crippen LogP contribution in [0.5, 0.6) is 17.2 Å². The van der Waals surface area contributed by atoms with E-state index in [4.69, 9.17) is 14.2 Å². The van der Waals surface area contributed by atoms with E-state index in [1.54, 1.807) is 32.7 Å². The largest absolute Gasteiger partial charge is 0.493 e. The predicted molar refractivity (Wildman–Crippen MR) is 83.4 cm³/mol. The van der Waals surface area contributed by atoms with Gasteiger partial charge in [0.05, 0.1) is 27.0 Å². The highest BCUT2D eigenvalue weighted by molar-refractivity contribution is 7.13. The molecule has 0 atom stereocenters. The highest BCUT2D eigenvalue weighted by Crippen LogP contribution is 2.38. The zero-order chi connectivity index (χ0) is 15.2. The predicted octanol–water partition coefficient (Wildman–Crippen LogP) is 2.59. The molecule has 0 amide bonds. The van der Waals surface area contributed by atoms with Crippen molar-refractivity contribution in [3.63, 3.8) is 0 Å². The van der Waals surface area contributed by atoms with E-state index in [0.717, 1.165) is 16.4 Å². The summed E-state index contributed by atoms with van der Waals surface area (Å²) in [6.45, 7) is 2.55. The summed E-state index contributed by atoms with van der Waals surface area (Å²) in [4.78, 5) is 4.31. The summed E-state index contributed by atoms with van der Waals surface area (Å²) < 4.78 is 15.9. The third-order valence-electron chi connectivity index (χ3n) is 2.83. The number of rotatable bonds is 7. The number of hydrogen-bond donors (Lipinski definition) is 2. The monoisotopic (exact) mass is 309 g/mol. The lowest BCUT2D eigenvalue weighted by Gasteiger charge is -2.14. The Morgan fingerprint density at radius 2 is 1.76 bits per heavy atom. The van der Waals surface area contributed by atoms with Crippen molar-refractivity contribution in [1.29, 1.82) is 0 Å². The first-order valence-corrected chi connectivity index (χ1v) is 7.25. The average Bonchev–Trinajstić information content (AvgIpc) is 2.91. The van der Waals surface area contributed by atoms with Crippen LogP contribution in [0.15, 0.2) is 17.5 Å². The lowest BCUT2D eigenvalue weighted by molar-refractivity contribution is 0.323. The Bertz CT molecular complexity index is 576. The molecule has 1 aromatic heterocycles. The molecule has 2 aromatic rings. The molecule has 21 heavy (non-hydrogen) atoms. The molecule has 0 radical (unpaired) electrons. The number of nitrogens with zero attached hydrogens (tertiary/aromatic N) is 1. The average molecular weight is 309 g/mol. The van der Waals surface area contributed by atoms with Crippen LogP contribution in [0.3, 0.4) is 0 Å². The number of benzene rings is 1. The van der Waals surface area contributed by atoms with Crippen LogP contribution < -0.4 is 25.1 Å². The van der Waals surface area contributed by atoms with Crippen molar-refractivity contribution in [1.82, 2.24) is 10.4 Å². The number of hydrogen-bond acceptors (Lipinski definition) is 7. The number of aryl methyl sites for hydroxylation is 1. The number of hydrazine groups is 1. The highest BCUT2D eigenvalue weighted by atomic mass is 32.1. The third-order valence-corrected chi connectivity index (χ3v) is 3.71. The van der Waals surface area contributed by atoms with Gasteiger partial charge in [-0.05, 0) is 24.6 Å². The molecule has 0 fully saturated rings. The fraction of sp³-hybridized carbons (Fsp3) is 0.357. The SMILES string of the molecule is COc1cc(CNNc2nc(C)cs2)cc(OC)c1OC. The summed E-state index contributed by atoms with van der Waals surface area (Å²) in [6, 6.07) is 3.81. The summed E-state index contributed by atoms with van der Waals surface area (Å²) in [5, 5.41) is 2.82. The van der Waals surface area contributed by atoms with Crippen molar-refractivity contribution < 1.29 is 14.2 Å². The fourth-order valence-corrected chi connectivity index (χ4v) is 2.53. The van der Waals surface area contributed by atoms with Gasteiger partial charge in [0.25, 0.3) is 0 Å². The first kappa shape index (κ1) is 15.4. The van der Waals surface area contributed by atoms with Crippen LogP contribution in [-0.4, -0.2) is 26.3 Å². The Kier molecular flexibility index (Phi) is 5.24. The zero-order valence-electron chi connectivity index (χ0n) is 12.5. The second-order valence-electron chi connectivity index (χ2n) is 4.31. The number of ether oxygens (including phenoxy) is 3. The zero-order valence-corrected chi connectivity index (χ0v) is 13.3. The van der Waals surface area contributed by atoms with E-state index in [-0.39, 0.29) is 0 Å². The van der Waals surface area contributed by atoms with E-state index in [0.29, 0.717) is 23.8 Å². The Labute approximate surface area is 128 Å². The first-order valence-electron chi connectivity index (χ1n) is 6.37.